The summed E-state index contributed by atoms with van der Waals surface area (Å²) in [7, 11) is 0. The Hall–Kier alpha value is -4.18. The minimum Gasteiger partial charge on any atom is -0.362 e. The third-order valence-electron chi connectivity index (χ3n) is 6.48. The molecule has 11 heteroatoms. The predicted molar refractivity (Wildman–Crippen MR) is 142 cm³/mol. The zero-order valence-electron chi connectivity index (χ0n) is 20.5. The van der Waals surface area contributed by atoms with Gasteiger partial charge >= 0.3 is 0 Å². The van der Waals surface area contributed by atoms with E-state index in [0.717, 1.165) is 5.56 Å². The molecule has 1 fully saturated rings. The first-order valence-electron chi connectivity index (χ1n) is 11.9. The summed E-state index contributed by atoms with van der Waals surface area (Å²) in [5.41, 5.74) is 2.10. The fraction of sp³-hybridized carbons (Fsp3) is 0.269. The molecule has 1 saturated heterocycles. The van der Waals surface area contributed by atoms with Gasteiger partial charge in [-0.05, 0) is 31.2 Å². The summed E-state index contributed by atoms with van der Waals surface area (Å²) in [6.07, 6.45) is 0. The number of anilines is 2. The van der Waals surface area contributed by atoms with Gasteiger partial charge in [0.1, 0.15) is 12.2 Å². The van der Waals surface area contributed by atoms with Crippen LogP contribution in [0.4, 0.5) is 11.4 Å². The van der Waals surface area contributed by atoms with E-state index in [0.29, 0.717) is 54.1 Å². The number of halogens is 1. The third kappa shape index (κ3) is 4.92. The average Bonchev–Trinajstić information content (AvgIpc) is 3.35. The molecule has 1 aliphatic heterocycles. The van der Waals surface area contributed by atoms with E-state index >= 15 is 0 Å². The van der Waals surface area contributed by atoms with Crippen molar-refractivity contribution in [1.82, 2.24) is 24.1 Å². The molecule has 190 valence electrons. The highest BCUT2D eigenvalue weighted by Gasteiger charge is 2.27. The molecule has 0 atom stereocenters. The zero-order chi connectivity index (χ0) is 26.1. The fourth-order valence-corrected chi connectivity index (χ4v) is 4.66. The highest BCUT2D eigenvalue weighted by Crippen LogP contribution is 2.22. The number of hydrogen-bond acceptors (Lipinski definition) is 6. The monoisotopic (exact) mass is 519 g/mol. The first-order chi connectivity index (χ1) is 17.8. The Bertz CT molecular complexity index is 1520. The maximum absolute atomic E-state index is 13.7. The van der Waals surface area contributed by atoms with Crippen molar-refractivity contribution < 1.29 is 9.59 Å². The molecule has 3 heterocycles. The van der Waals surface area contributed by atoms with Crippen LogP contribution in [0.15, 0.2) is 59.4 Å². The molecule has 0 aliphatic carbocycles. The number of carbonyl (C=O) groups is 2. The van der Waals surface area contributed by atoms with Crippen molar-refractivity contribution >= 4 is 40.6 Å². The normalized spacial score (nSPS) is 13.7. The van der Waals surface area contributed by atoms with Crippen molar-refractivity contribution in [3.05, 3.63) is 75.7 Å². The van der Waals surface area contributed by atoms with Crippen molar-refractivity contribution in [3.63, 3.8) is 0 Å². The lowest BCUT2D eigenvalue weighted by Gasteiger charge is -2.36. The van der Waals surface area contributed by atoms with E-state index in [1.165, 1.54) is 4.52 Å². The summed E-state index contributed by atoms with van der Waals surface area (Å²) in [5.74, 6) is 0.390. The zero-order valence-corrected chi connectivity index (χ0v) is 21.3. The van der Waals surface area contributed by atoms with E-state index < -0.39 is 0 Å². The summed E-state index contributed by atoms with van der Waals surface area (Å²) in [6.45, 7) is 5.29. The van der Waals surface area contributed by atoms with Gasteiger partial charge in [0.2, 0.25) is 17.6 Å². The number of nitrogens with zero attached hydrogens (tertiary/aromatic N) is 6. The van der Waals surface area contributed by atoms with Crippen LogP contribution < -0.4 is 15.8 Å². The quantitative estimate of drug-likeness (QED) is 0.435. The third-order valence-corrected chi connectivity index (χ3v) is 6.73. The van der Waals surface area contributed by atoms with E-state index in [2.05, 4.69) is 15.4 Å². The fourth-order valence-electron chi connectivity index (χ4n) is 4.53. The van der Waals surface area contributed by atoms with Crippen molar-refractivity contribution in [2.75, 3.05) is 36.4 Å². The molecule has 10 nitrogen and oxygen atoms in total. The lowest BCUT2D eigenvalue weighted by molar-refractivity contribution is -0.129. The number of fused-ring (bicyclic) bond motifs is 1. The maximum atomic E-state index is 13.7. The second-order valence-corrected chi connectivity index (χ2v) is 9.32. The van der Waals surface area contributed by atoms with Crippen molar-refractivity contribution in [3.8, 4) is 11.4 Å². The Morgan fingerprint density at radius 2 is 1.68 bits per heavy atom. The van der Waals surface area contributed by atoms with Crippen LogP contribution in [0, 0.1) is 6.92 Å². The summed E-state index contributed by atoms with van der Waals surface area (Å²) in [5, 5.41) is 7.96. The van der Waals surface area contributed by atoms with Gasteiger partial charge in [0.25, 0.3) is 5.56 Å². The molecule has 1 aliphatic rings. The Morgan fingerprint density at radius 3 is 2.32 bits per heavy atom. The molecule has 37 heavy (non-hydrogen) atoms. The molecule has 0 saturated carbocycles. The van der Waals surface area contributed by atoms with Crippen LogP contribution in [0.25, 0.3) is 17.2 Å². The smallest absolute Gasteiger partial charge is 0.299 e. The van der Waals surface area contributed by atoms with Gasteiger partial charge in [0.05, 0.1) is 0 Å². The molecule has 5 rings (SSSR count). The molecule has 0 radical (unpaired) electrons. The number of hydrogen-bond donors (Lipinski definition) is 1. The van der Waals surface area contributed by atoms with Gasteiger partial charge in [-0.2, -0.15) is 9.50 Å². The van der Waals surface area contributed by atoms with Crippen molar-refractivity contribution in [1.29, 1.82) is 0 Å². The van der Waals surface area contributed by atoms with Crippen LogP contribution >= 0.6 is 11.6 Å². The number of aromatic nitrogens is 4. The van der Waals surface area contributed by atoms with E-state index in [-0.39, 0.29) is 29.7 Å². The summed E-state index contributed by atoms with van der Waals surface area (Å²) in [4.78, 5) is 46.9. The SMILES string of the molecule is CC(=O)N1CCN(c2c(C)n(CC(=O)Nc3ccc(Cl)cc3)c3nc(-c4ccccc4)nn3c2=O)CC1. The van der Waals surface area contributed by atoms with E-state index in [4.69, 9.17) is 11.6 Å². The van der Waals surface area contributed by atoms with E-state index in [9.17, 15) is 14.4 Å². The first kappa shape index (κ1) is 24.5. The number of nitrogens with one attached hydrogen (secondary N) is 1. The molecule has 2 aromatic heterocycles. The lowest BCUT2D eigenvalue weighted by atomic mass is 10.2. The molecule has 0 spiro atoms. The van der Waals surface area contributed by atoms with E-state index in [1.807, 2.05) is 35.2 Å². The minimum absolute atomic E-state index is 0.00637. The second-order valence-electron chi connectivity index (χ2n) is 8.89. The summed E-state index contributed by atoms with van der Waals surface area (Å²) in [6, 6.07) is 16.2. The number of amides is 2. The molecular weight excluding hydrogens is 494 g/mol. The summed E-state index contributed by atoms with van der Waals surface area (Å²) >= 11 is 5.96. The van der Waals surface area contributed by atoms with Gasteiger partial charge in [0, 0.05) is 55.1 Å². The number of benzene rings is 2. The Kier molecular flexibility index (Phi) is 6.66. The summed E-state index contributed by atoms with van der Waals surface area (Å²) < 4.78 is 2.97. The van der Waals surface area contributed by atoms with Crippen LogP contribution in [-0.4, -0.2) is 62.1 Å². The minimum atomic E-state index is -0.312. The molecule has 2 aromatic carbocycles. The highest BCUT2D eigenvalue weighted by atomic mass is 35.5. The van der Waals surface area contributed by atoms with Crippen LogP contribution in [0.3, 0.4) is 0 Å². The number of piperazine rings is 1. The van der Waals surface area contributed by atoms with Crippen molar-refractivity contribution in [2.45, 2.75) is 20.4 Å². The van der Waals surface area contributed by atoms with Gasteiger partial charge in [-0.3, -0.25) is 14.4 Å². The number of carbonyl (C=O) groups excluding carboxylic acids is 2. The van der Waals surface area contributed by atoms with Gasteiger partial charge in [-0.25, -0.2) is 0 Å². The molecule has 0 bridgehead atoms. The van der Waals surface area contributed by atoms with Crippen molar-refractivity contribution in [2.24, 2.45) is 0 Å². The molecule has 2 amide bonds. The molecule has 4 aromatic rings. The Morgan fingerprint density at radius 1 is 1.00 bits per heavy atom. The first-order valence-corrected chi connectivity index (χ1v) is 12.3. The Labute approximate surface area is 218 Å². The van der Waals surface area contributed by atoms with Gasteiger partial charge < -0.3 is 19.7 Å². The van der Waals surface area contributed by atoms with Gasteiger partial charge in [0.15, 0.2) is 5.82 Å². The van der Waals surface area contributed by atoms with Crippen LogP contribution in [-0.2, 0) is 16.1 Å². The maximum Gasteiger partial charge on any atom is 0.299 e. The van der Waals surface area contributed by atoms with Crippen LogP contribution in [0.5, 0.6) is 0 Å². The second kappa shape index (κ2) is 10.1. The van der Waals surface area contributed by atoms with Gasteiger partial charge in [-0.1, -0.05) is 41.9 Å². The average molecular weight is 520 g/mol. The molecule has 1 N–H and O–H groups in total. The molecule has 0 unspecified atom stereocenters. The molecular formula is C26H26ClN7O3. The Balaban J connectivity index is 1.57. The van der Waals surface area contributed by atoms with Crippen LogP contribution in [0.1, 0.15) is 12.6 Å². The highest BCUT2D eigenvalue weighted by molar-refractivity contribution is 6.30. The standard InChI is InChI=1S/C26H26ClN7O3/c1-17-23(32-14-12-31(13-15-32)18(2)35)25(37)34-26(29-24(30-34)19-6-4-3-5-7-19)33(17)16-22(36)28-21-10-8-20(27)9-11-21/h3-11H,12-16H2,1-2H3,(H,28,36). The van der Waals surface area contributed by atoms with Crippen LogP contribution in [0.2, 0.25) is 5.02 Å². The topological polar surface area (TPSA) is 105 Å². The van der Waals surface area contributed by atoms with Gasteiger partial charge in [-0.15, -0.1) is 5.10 Å². The predicted octanol–water partition coefficient (Wildman–Crippen LogP) is 2.83. The largest absolute Gasteiger partial charge is 0.362 e. The van der Waals surface area contributed by atoms with E-state index in [1.54, 1.807) is 47.6 Å². The number of rotatable bonds is 5. The lowest BCUT2D eigenvalue weighted by Crippen LogP contribution is -2.50.